The van der Waals surface area contributed by atoms with E-state index in [9.17, 15) is 18.0 Å². The molecule has 0 atom stereocenters. The number of benzene rings is 2. The minimum absolute atomic E-state index is 0.0581. The fourth-order valence-corrected chi connectivity index (χ4v) is 2.53. The zero-order valence-corrected chi connectivity index (χ0v) is 16.0. The first-order chi connectivity index (χ1) is 14.3. The van der Waals surface area contributed by atoms with Gasteiger partial charge in [-0.2, -0.15) is 13.2 Å². The molecule has 3 aromatic rings. The van der Waals surface area contributed by atoms with Crippen LogP contribution in [0.3, 0.4) is 0 Å². The first kappa shape index (κ1) is 21.2. The highest BCUT2D eigenvalue weighted by Gasteiger charge is 2.29. The van der Waals surface area contributed by atoms with Crippen molar-refractivity contribution in [3.63, 3.8) is 0 Å². The van der Waals surface area contributed by atoms with Crippen LogP contribution in [-0.4, -0.2) is 12.0 Å². The summed E-state index contributed by atoms with van der Waals surface area (Å²) < 4.78 is 48.5. The Morgan fingerprint density at radius 1 is 1.00 bits per heavy atom. The maximum absolute atomic E-state index is 12.6. The van der Waals surface area contributed by atoms with Crippen molar-refractivity contribution in [3.05, 3.63) is 88.9 Å². The average molecular weight is 417 g/mol. The number of hydrogen-bond donors (Lipinski definition) is 0. The van der Waals surface area contributed by atoms with E-state index < -0.39 is 11.7 Å². The molecule has 3 rings (SSSR count). The summed E-state index contributed by atoms with van der Waals surface area (Å²) in [6.07, 6.45) is -3.74. The number of halogens is 3. The fraction of sp³-hybridized carbons (Fsp3) is 0.182. The van der Waals surface area contributed by atoms with Crippen LogP contribution in [0.5, 0.6) is 5.75 Å². The Hall–Kier alpha value is -3.55. The largest absolute Gasteiger partial charge is 0.486 e. The number of carbonyl (C=O) groups is 1. The van der Waals surface area contributed by atoms with Gasteiger partial charge in [0.1, 0.15) is 24.7 Å². The summed E-state index contributed by atoms with van der Waals surface area (Å²) in [6.45, 7) is 2.01. The van der Waals surface area contributed by atoms with Gasteiger partial charge in [-0.25, -0.2) is 0 Å². The van der Waals surface area contributed by atoms with Crippen molar-refractivity contribution in [1.29, 1.82) is 0 Å². The van der Waals surface area contributed by atoms with Crippen LogP contribution < -0.4 is 4.74 Å². The highest BCUT2D eigenvalue weighted by Crippen LogP contribution is 2.29. The van der Waals surface area contributed by atoms with Crippen molar-refractivity contribution >= 4 is 12.0 Å². The van der Waals surface area contributed by atoms with Gasteiger partial charge in [-0.3, -0.25) is 4.79 Å². The molecule has 0 radical (unpaired) electrons. The van der Waals surface area contributed by atoms with E-state index in [1.54, 1.807) is 43.3 Å². The molecule has 30 heavy (non-hydrogen) atoms. The topological polar surface area (TPSA) is 61.0 Å². The van der Waals surface area contributed by atoms with Gasteiger partial charge in [-0.1, -0.05) is 17.3 Å². The quantitative estimate of drug-likeness (QED) is 0.271. The predicted octanol–water partition coefficient (Wildman–Crippen LogP) is 5.63. The van der Waals surface area contributed by atoms with E-state index in [2.05, 4.69) is 5.16 Å². The number of carbonyl (C=O) groups excluding carboxylic acids is 1. The Kier molecular flexibility index (Phi) is 6.56. The van der Waals surface area contributed by atoms with Crippen molar-refractivity contribution in [2.75, 3.05) is 0 Å². The summed E-state index contributed by atoms with van der Waals surface area (Å²) in [4.78, 5) is 15.8. The van der Waals surface area contributed by atoms with Crippen LogP contribution in [0.4, 0.5) is 13.2 Å². The molecular weight excluding hydrogens is 399 g/mol. The Balaban J connectivity index is 1.51. The van der Waals surface area contributed by atoms with Crippen molar-refractivity contribution in [2.45, 2.75) is 26.3 Å². The maximum Gasteiger partial charge on any atom is 0.416 e. The van der Waals surface area contributed by atoms with Gasteiger partial charge in [0.2, 0.25) is 0 Å². The number of rotatable bonds is 8. The van der Waals surface area contributed by atoms with E-state index in [1.807, 2.05) is 0 Å². The first-order valence-corrected chi connectivity index (χ1v) is 8.95. The lowest BCUT2D eigenvalue weighted by Crippen LogP contribution is -2.04. The van der Waals surface area contributed by atoms with Gasteiger partial charge in [0.25, 0.3) is 0 Å². The minimum Gasteiger partial charge on any atom is -0.486 e. The summed E-state index contributed by atoms with van der Waals surface area (Å²) in [6, 6.07) is 15.1. The number of nitrogens with zero attached hydrogens (tertiary/aromatic N) is 1. The van der Waals surface area contributed by atoms with Gasteiger partial charge in [0.05, 0.1) is 11.3 Å². The SMILES string of the molecule is C/C(=N\OCc1ccc(C(F)(F)F)cc1)c1ccc(OCc2ccc(C=O)o2)cc1. The zero-order valence-electron chi connectivity index (χ0n) is 16.0. The van der Waals surface area contributed by atoms with E-state index in [4.69, 9.17) is 14.0 Å². The zero-order chi connectivity index (χ0) is 21.6. The van der Waals surface area contributed by atoms with Crippen molar-refractivity contribution in [2.24, 2.45) is 5.16 Å². The molecule has 0 saturated carbocycles. The lowest BCUT2D eigenvalue weighted by molar-refractivity contribution is -0.137. The summed E-state index contributed by atoms with van der Waals surface area (Å²) in [5, 5.41) is 4.00. The Morgan fingerprint density at radius 2 is 1.70 bits per heavy atom. The lowest BCUT2D eigenvalue weighted by atomic mass is 10.1. The third kappa shape index (κ3) is 5.73. The smallest absolute Gasteiger partial charge is 0.416 e. The summed E-state index contributed by atoms with van der Waals surface area (Å²) >= 11 is 0. The summed E-state index contributed by atoms with van der Waals surface area (Å²) in [5.41, 5.74) is 1.29. The molecule has 0 bridgehead atoms. The average Bonchev–Trinajstić information content (AvgIpc) is 3.20. The second-order valence-electron chi connectivity index (χ2n) is 6.38. The van der Waals surface area contributed by atoms with E-state index in [0.29, 0.717) is 29.1 Å². The molecule has 5 nitrogen and oxygen atoms in total. The molecule has 1 heterocycles. The van der Waals surface area contributed by atoms with E-state index in [1.165, 1.54) is 12.1 Å². The first-order valence-electron chi connectivity index (χ1n) is 8.95. The van der Waals surface area contributed by atoms with E-state index >= 15 is 0 Å². The Labute approximate surface area is 170 Å². The van der Waals surface area contributed by atoms with Gasteiger partial charge in [-0.15, -0.1) is 0 Å². The lowest BCUT2D eigenvalue weighted by Gasteiger charge is -2.08. The minimum atomic E-state index is -4.36. The third-order valence-electron chi connectivity index (χ3n) is 4.17. The summed E-state index contributed by atoms with van der Waals surface area (Å²) in [7, 11) is 0. The molecule has 0 fully saturated rings. The van der Waals surface area contributed by atoms with E-state index in [-0.39, 0.29) is 19.0 Å². The second-order valence-corrected chi connectivity index (χ2v) is 6.38. The third-order valence-corrected chi connectivity index (χ3v) is 4.17. The van der Waals surface area contributed by atoms with Gasteiger partial charge >= 0.3 is 6.18 Å². The normalized spacial score (nSPS) is 11.9. The van der Waals surface area contributed by atoms with Crippen LogP contribution in [0.15, 0.2) is 70.2 Å². The van der Waals surface area contributed by atoms with Crippen LogP contribution in [0.1, 0.15) is 39.9 Å². The molecule has 0 unspecified atom stereocenters. The second kappa shape index (κ2) is 9.30. The van der Waals surface area contributed by atoms with Crippen molar-refractivity contribution in [3.8, 4) is 5.75 Å². The standard InChI is InChI=1S/C22H18F3NO4/c1-15(26-29-13-16-2-6-18(7-3-16)22(23,24)25)17-4-8-19(9-5-17)28-14-21-11-10-20(12-27)30-21/h2-12H,13-14H2,1H3/b26-15+. The highest BCUT2D eigenvalue weighted by atomic mass is 19.4. The molecule has 0 aliphatic carbocycles. The van der Waals surface area contributed by atoms with Crippen LogP contribution in [0.25, 0.3) is 0 Å². The number of furan rings is 1. The monoisotopic (exact) mass is 417 g/mol. The molecule has 0 amide bonds. The Morgan fingerprint density at radius 3 is 2.30 bits per heavy atom. The fourth-order valence-electron chi connectivity index (χ4n) is 2.53. The molecule has 2 aromatic carbocycles. The number of oxime groups is 1. The number of hydrogen-bond acceptors (Lipinski definition) is 5. The Bertz CT molecular complexity index is 1010. The number of alkyl halides is 3. The molecule has 1 aromatic heterocycles. The molecule has 8 heteroatoms. The van der Waals surface area contributed by atoms with Gasteiger partial charge in [0, 0.05) is 0 Å². The van der Waals surface area contributed by atoms with Crippen LogP contribution in [-0.2, 0) is 24.2 Å². The van der Waals surface area contributed by atoms with Crippen molar-refractivity contribution in [1.82, 2.24) is 0 Å². The maximum atomic E-state index is 12.6. The van der Waals surface area contributed by atoms with Crippen LogP contribution in [0.2, 0.25) is 0 Å². The van der Waals surface area contributed by atoms with Gasteiger partial charge in [-0.05, 0) is 66.6 Å². The van der Waals surface area contributed by atoms with E-state index in [0.717, 1.165) is 17.7 Å². The molecule has 0 spiro atoms. The molecule has 0 aliphatic rings. The molecule has 0 aliphatic heterocycles. The van der Waals surface area contributed by atoms with Crippen molar-refractivity contribution < 1.29 is 32.0 Å². The van der Waals surface area contributed by atoms with Crippen LogP contribution >= 0.6 is 0 Å². The molecule has 0 N–H and O–H groups in total. The number of ether oxygens (including phenoxy) is 1. The molecule has 156 valence electrons. The van der Waals surface area contributed by atoms with Crippen LogP contribution in [0, 0.1) is 0 Å². The van der Waals surface area contributed by atoms with Gasteiger partial charge in [0.15, 0.2) is 12.0 Å². The highest BCUT2D eigenvalue weighted by molar-refractivity contribution is 5.98. The molecular formula is C22H18F3NO4. The van der Waals surface area contributed by atoms with Gasteiger partial charge < -0.3 is 14.0 Å². The predicted molar refractivity (Wildman–Crippen MR) is 103 cm³/mol. The number of aldehydes is 1. The summed E-state index contributed by atoms with van der Waals surface area (Å²) in [5.74, 6) is 1.39. The molecule has 0 saturated heterocycles.